The molecule has 350 valence electrons. The van der Waals surface area contributed by atoms with Gasteiger partial charge in [-0.05, 0) is 87.4 Å². The van der Waals surface area contributed by atoms with Crippen LogP contribution >= 0.6 is 0 Å². The molecule has 7 fully saturated rings. The number of hydrogen-bond donors (Lipinski definition) is 10. The SMILES string of the molecule is C[C@H](CC[C@@]1(O)O[C@H]2CC3C4CC=C5C[C@@H](O)C[C@@H](O[C@@H]6OC[C@@H](O)[C@H](O)[C@H]6O[C@H]6O[C@H](C)[C@@H](O)[C@H](O)[C@@H]6O)[C@]5(C)C4CC[C@]3(C)[C@H]2[C@@H]1C)CO[C@@H]1O[C@@H](C)[C@H](O)[C@@H](O)[C@H]1O. The average Bonchev–Trinajstić information content (AvgIpc) is 3.66. The second kappa shape index (κ2) is 17.4. The number of fused-ring (bicyclic) bond motifs is 7. The Labute approximate surface area is 357 Å². The van der Waals surface area contributed by atoms with Crippen LogP contribution in [0.3, 0.4) is 0 Å². The third-order valence-corrected chi connectivity index (χ3v) is 17.0. The Hall–Kier alpha value is -0.940. The quantitative estimate of drug-likeness (QED) is 0.128. The van der Waals surface area contributed by atoms with Gasteiger partial charge in [0.05, 0.1) is 43.7 Å². The van der Waals surface area contributed by atoms with Gasteiger partial charge in [-0.1, -0.05) is 39.3 Å². The molecule has 8 rings (SSSR count). The number of rotatable bonds is 10. The van der Waals surface area contributed by atoms with Crippen molar-refractivity contribution in [2.24, 2.45) is 46.3 Å². The summed E-state index contributed by atoms with van der Waals surface area (Å²) in [5.74, 6) is -0.592. The van der Waals surface area contributed by atoms with Gasteiger partial charge in [0.25, 0.3) is 0 Å². The lowest BCUT2D eigenvalue weighted by Crippen LogP contribution is -2.63. The molecule has 17 nitrogen and oxygen atoms in total. The molecule has 3 saturated carbocycles. The smallest absolute Gasteiger partial charge is 0.187 e. The topological polar surface area (TPSA) is 267 Å². The third kappa shape index (κ3) is 8.00. The first-order valence-electron chi connectivity index (χ1n) is 22.8. The van der Waals surface area contributed by atoms with E-state index in [2.05, 4.69) is 26.8 Å². The Morgan fingerprint density at radius 1 is 0.787 bits per heavy atom. The van der Waals surface area contributed by atoms with Gasteiger partial charge < -0.3 is 84.2 Å². The zero-order valence-electron chi connectivity index (χ0n) is 36.3. The zero-order chi connectivity index (χ0) is 44.1. The number of aliphatic hydroxyl groups excluding tert-OH is 9. The van der Waals surface area contributed by atoms with Crippen LogP contribution in [0.1, 0.15) is 92.9 Å². The van der Waals surface area contributed by atoms with Crippen molar-refractivity contribution < 1.29 is 84.2 Å². The molecular formula is C44H72O17. The van der Waals surface area contributed by atoms with Crippen molar-refractivity contribution >= 4 is 0 Å². The minimum Gasteiger partial charge on any atom is -0.393 e. The molecule has 4 saturated heterocycles. The number of aliphatic hydroxyl groups is 10. The summed E-state index contributed by atoms with van der Waals surface area (Å²) >= 11 is 0. The highest BCUT2D eigenvalue weighted by atomic mass is 16.8. The largest absolute Gasteiger partial charge is 0.393 e. The van der Waals surface area contributed by atoms with Crippen LogP contribution in [-0.2, 0) is 33.2 Å². The lowest BCUT2D eigenvalue weighted by molar-refractivity contribution is -0.362. The maximum atomic E-state index is 12.1. The van der Waals surface area contributed by atoms with E-state index in [-0.39, 0.29) is 54.3 Å². The van der Waals surface area contributed by atoms with Crippen LogP contribution in [0.2, 0.25) is 0 Å². The van der Waals surface area contributed by atoms with Crippen molar-refractivity contribution in [1.82, 2.24) is 0 Å². The molecule has 4 heterocycles. The normalized spacial score (nSPS) is 56.4. The fourth-order valence-electron chi connectivity index (χ4n) is 13.3. The summed E-state index contributed by atoms with van der Waals surface area (Å²) < 4.78 is 42.6. The molecule has 0 bridgehead atoms. The Morgan fingerprint density at radius 2 is 1.44 bits per heavy atom. The lowest BCUT2D eigenvalue weighted by Gasteiger charge is -2.60. The maximum Gasteiger partial charge on any atom is 0.187 e. The van der Waals surface area contributed by atoms with Crippen molar-refractivity contribution in [2.45, 2.75) is 203 Å². The fourth-order valence-corrected chi connectivity index (χ4v) is 13.3. The summed E-state index contributed by atoms with van der Waals surface area (Å²) in [4.78, 5) is 0. The molecule has 4 aliphatic heterocycles. The number of ether oxygens (including phenoxy) is 7. The van der Waals surface area contributed by atoms with Gasteiger partial charge in [-0.25, -0.2) is 0 Å². The molecule has 8 aliphatic rings. The van der Waals surface area contributed by atoms with Gasteiger partial charge in [0.15, 0.2) is 24.7 Å². The summed E-state index contributed by atoms with van der Waals surface area (Å²) in [5.41, 5.74) is 0.496. The van der Waals surface area contributed by atoms with Crippen LogP contribution in [0.25, 0.3) is 0 Å². The third-order valence-electron chi connectivity index (χ3n) is 17.0. The molecule has 0 amide bonds. The molecule has 61 heavy (non-hydrogen) atoms. The van der Waals surface area contributed by atoms with E-state index in [1.807, 2.05) is 6.92 Å². The van der Waals surface area contributed by atoms with Crippen LogP contribution in [0.15, 0.2) is 11.6 Å². The van der Waals surface area contributed by atoms with Gasteiger partial charge >= 0.3 is 0 Å². The highest BCUT2D eigenvalue weighted by Crippen LogP contribution is 2.70. The van der Waals surface area contributed by atoms with Crippen molar-refractivity contribution in [3.8, 4) is 0 Å². The summed E-state index contributed by atoms with van der Waals surface area (Å²) in [6.07, 6.45) is -11.9. The monoisotopic (exact) mass is 872 g/mol. The number of hydrogen-bond acceptors (Lipinski definition) is 17. The minimum atomic E-state index is -1.65. The highest BCUT2D eigenvalue weighted by molar-refractivity contribution is 5.28. The molecular weight excluding hydrogens is 800 g/mol. The molecule has 0 radical (unpaired) electrons. The molecule has 0 aromatic heterocycles. The second-order valence-electron chi connectivity index (χ2n) is 20.6. The fraction of sp³-hybridized carbons (Fsp3) is 0.955. The second-order valence-corrected chi connectivity index (χ2v) is 20.6. The highest BCUT2D eigenvalue weighted by Gasteiger charge is 2.69. The molecule has 0 spiro atoms. The van der Waals surface area contributed by atoms with Crippen LogP contribution < -0.4 is 0 Å². The zero-order valence-corrected chi connectivity index (χ0v) is 36.3. The van der Waals surface area contributed by atoms with Gasteiger partial charge in [0.1, 0.15) is 54.9 Å². The molecule has 0 aromatic carbocycles. The predicted molar refractivity (Wildman–Crippen MR) is 212 cm³/mol. The van der Waals surface area contributed by atoms with E-state index >= 15 is 0 Å². The minimum absolute atomic E-state index is 0.0192. The first kappa shape index (κ1) is 46.6. The van der Waals surface area contributed by atoms with E-state index in [1.165, 1.54) is 6.92 Å². The van der Waals surface area contributed by atoms with E-state index in [1.54, 1.807) is 6.92 Å². The Kier molecular flexibility index (Phi) is 13.3. The van der Waals surface area contributed by atoms with Crippen LogP contribution in [0.5, 0.6) is 0 Å². The summed E-state index contributed by atoms with van der Waals surface area (Å²) in [6, 6.07) is 0. The summed E-state index contributed by atoms with van der Waals surface area (Å²) in [6.45, 7) is 11.8. The van der Waals surface area contributed by atoms with Gasteiger partial charge in [-0.15, -0.1) is 0 Å². The average molecular weight is 873 g/mol. The van der Waals surface area contributed by atoms with E-state index in [4.69, 9.17) is 33.2 Å². The van der Waals surface area contributed by atoms with Crippen LogP contribution in [0.4, 0.5) is 0 Å². The van der Waals surface area contributed by atoms with Gasteiger partial charge in [0.2, 0.25) is 0 Å². The Balaban J connectivity index is 0.940. The van der Waals surface area contributed by atoms with E-state index in [0.717, 1.165) is 31.3 Å². The van der Waals surface area contributed by atoms with Crippen LogP contribution in [-0.4, -0.2) is 174 Å². The van der Waals surface area contributed by atoms with Crippen molar-refractivity contribution in [3.05, 3.63) is 11.6 Å². The van der Waals surface area contributed by atoms with Gasteiger partial charge in [-0.2, -0.15) is 0 Å². The van der Waals surface area contributed by atoms with E-state index in [0.29, 0.717) is 31.6 Å². The maximum absolute atomic E-state index is 12.1. The van der Waals surface area contributed by atoms with Crippen molar-refractivity contribution in [3.63, 3.8) is 0 Å². The predicted octanol–water partition coefficient (Wildman–Crippen LogP) is -0.194. The lowest BCUT2D eigenvalue weighted by atomic mass is 9.46. The molecule has 0 aromatic rings. The van der Waals surface area contributed by atoms with Crippen LogP contribution in [0, 0.1) is 46.3 Å². The number of allylic oxidation sites excluding steroid dienone is 1. The molecule has 3 unspecified atom stereocenters. The van der Waals surface area contributed by atoms with Gasteiger partial charge in [0, 0.05) is 24.2 Å². The molecule has 10 N–H and O–H groups in total. The van der Waals surface area contributed by atoms with Crippen molar-refractivity contribution in [2.75, 3.05) is 13.2 Å². The summed E-state index contributed by atoms with van der Waals surface area (Å²) in [7, 11) is 0. The molecule has 26 atom stereocenters. The summed E-state index contributed by atoms with van der Waals surface area (Å²) in [5, 5.41) is 107. The first-order chi connectivity index (χ1) is 28.7. The van der Waals surface area contributed by atoms with Gasteiger partial charge in [-0.3, -0.25) is 0 Å². The van der Waals surface area contributed by atoms with E-state index < -0.39 is 109 Å². The molecule has 17 heteroatoms. The molecule has 4 aliphatic carbocycles. The van der Waals surface area contributed by atoms with Crippen molar-refractivity contribution in [1.29, 1.82) is 0 Å². The standard InChI is InChI=1S/C44H72O17/c1-18(16-55-39-36(52)34(50)31(47)20(3)57-39)9-12-44(54)19(2)30-28(61-44)15-26-24-8-7-22-13-23(45)14-29(43(22,6)25(24)10-11-42(26,30)5)59-41-38(33(49)27(46)17-56-41)60-40-37(53)35(51)32(48)21(4)58-40/h7,18-21,23-41,45-54H,8-17H2,1-6H3/t18-,19+,20+,21-,23-,24?,25?,26?,27-,28+,29-,30+,31+,32-,33+,34-,35+,36-,37+,38-,39-,40-,41+,42+,43+,44-/m1/s1. The van der Waals surface area contributed by atoms with E-state index in [9.17, 15) is 51.1 Å². The Morgan fingerprint density at radius 3 is 2.13 bits per heavy atom. The Bertz CT molecular complexity index is 1570. The first-order valence-corrected chi connectivity index (χ1v) is 22.8.